The van der Waals surface area contributed by atoms with Gasteiger partial charge in [0.2, 0.25) is 0 Å². The van der Waals surface area contributed by atoms with Crippen LogP contribution in [0.4, 0.5) is 0 Å². The number of aromatic nitrogens is 1. The summed E-state index contributed by atoms with van der Waals surface area (Å²) in [6, 6.07) is 0. The van der Waals surface area contributed by atoms with Gasteiger partial charge in [0, 0.05) is 30.8 Å². The molecule has 1 fully saturated rings. The summed E-state index contributed by atoms with van der Waals surface area (Å²) in [4.78, 5) is 7.60. The summed E-state index contributed by atoms with van der Waals surface area (Å²) in [5.74, 6) is 0.683. The zero-order chi connectivity index (χ0) is 11.4. The first-order valence-corrected chi connectivity index (χ1v) is 6.80. The SMILES string of the molecule is CN(Cc1cnc(Cl)s1)CC1CCCOC1. The number of rotatable bonds is 4. The molecule has 2 rings (SSSR count). The highest BCUT2D eigenvalue weighted by molar-refractivity contribution is 7.15. The van der Waals surface area contributed by atoms with Crippen molar-refractivity contribution in [2.24, 2.45) is 5.92 Å². The first-order chi connectivity index (χ1) is 7.74. The van der Waals surface area contributed by atoms with Gasteiger partial charge in [-0.15, -0.1) is 11.3 Å². The number of ether oxygens (including phenoxy) is 1. The summed E-state index contributed by atoms with van der Waals surface area (Å²) in [5, 5.41) is 0. The summed E-state index contributed by atoms with van der Waals surface area (Å²) >= 11 is 7.36. The monoisotopic (exact) mass is 260 g/mol. The van der Waals surface area contributed by atoms with Crippen molar-refractivity contribution in [2.45, 2.75) is 19.4 Å². The standard InChI is InChI=1S/C11H17ClN2OS/c1-14(6-9-3-2-4-15-8-9)7-10-5-13-11(12)16-10/h5,9H,2-4,6-8H2,1H3. The van der Waals surface area contributed by atoms with Crippen LogP contribution in [0.2, 0.25) is 4.47 Å². The predicted molar refractivity (Wildman–Crippen MR) is 67.0 cm³/mol. The van der Waals surface area contributed by atoms with E-state index in [1.807, 2.05) is 6.20 Å². The van der Waals surface area contributed by atoms with Gasteiger partial charge in [-0.3, -0.25) is 0 Å². The maximum absolute atomic E-state index is 5.80. The Kier molecular flexibility index (Phi) is 4.58. The van der Waals surface area contributed by atoms with E-state index in [0.717, 1.165) is 26.3 Å². The fraction of sp³-hybridized carbons (Fsp3) is 0.727. The number of hydrogen-bond donors (Lipinski definition) is 0. The van der Waals surface area contributed by atoms with E-state index in [1.165, 1.54) is 17.7 Å². The van der Waals surface area contributed by atoms with E-state index in [4.69, 9.17) is 16.3 Å². The summed E-state index contributed by atoms with van der Waals surface area (Å²) in [5.41, 5.74) is 0. The number of nitrogens with zero attached hydrogens (tertiary/aromatic N) is 2. The van der Waals surface area contributed by atoms with Gasteiger partial charge in [-0.25, -0.2) is 4.98 Å². The fourth-order valence-electron chi connectivity index (χ4n) is 2.08. The maximum atomic E-state index is 5.80. The molecule has 0 aliphatic carbocycles. The molecule has 0 amide bonds. The molecular formula is C11H17ClN2OS. The molecule has 0 saturated carbocycles. The van der Waals surface area contributed by atoms with Crippen LogP contribution in [0.15, 0.2) is 6.20 Å². The first-order valence-electron chi connectivity index (χ1n) is 5.60. The Hall–Kier alpha value is -0.160. The molecule has 3 nitrogen and oxygen atoms in total. The van der Waals surface area contributed by atoms with Crippen molar-refractivity contribution in [3.63, 3.8) is 0 Å². The largest absolute Gasteiger partial charge is 0.381 e. The smallest absolute Gasteiger partial charge is 0.183 e. The highest BCUT2D eigenvalue weighted by atomic mass is 35.5. The normalized spacial score (nSPS) is 21.6. The quantitative estimate of drug-likeness (QED) is 0.832. The van der Waals surface area contributed by atoms with Crippen LogP contribution in [0.1, 0.15) is 17.7 Å². The third-order valence-electron chi connectivity index (χ3n) is 2.78. The molecule has 0 aromatic carbocycles. The molecule has 1 aliphatic heterocycles. The zero-order valence-corrected chi connectivity index (χ0v) is 11.1. The summed E-state index contributed by atoms with van der Waals surface area (Å²) in [6.07, 6.45) is 4.35. The van der Waals surface area contributed by atoms with Gasteiger partial charge in [0.1, 0.15) is 0 Å². The Labute approximate surface area is 105 Å². The van der Waals surface area contributed by atoms with Crippen molar-refractivity contribution in [1.29, 1.82) is 0 Å². The molecule has 1 aliphatic rings. The Balaban J connectivity index is 1.77. The van der Waals surface area contributed by atoms with Crippen molar-refractivity contribution in [3.05, 3.63) is 15.5 Å². The van der Waals surface area contributed by atoms with Gasteiger partial charge in [-0.1, -0.05) is 11.6 Å². The van der Waals surface area contributed by atoms with E-state index >= 15 is 0 Å². The second kappa shape index (κ2) is 5.96. The van der Waals surface area contributed by atoms with Gasteiger partial charge < -0.3 is 9.64 Å². The Morgan fingerprint density at radius 2 is 2.56 bits per heavy atom. The molecule has 0 spiro atoms. The molecule has 0 bridgehead atoms. The molecule has 5 heteroatoms. The number of hydrogen-bond acceptors (Lipinski definition) is 4. The van der Waals surface area contributed by atoms with Crippen molar-refractivity contribution < 1.29 is 4.74 Å². The lowest BCUT2D eigenvalue weighted by Crippen LogP contribution is -2.30. The van der Waals surface area contributed by atoms with Crippen LogP contribution in [0.5, 0.6) is 0 Å². The number of halogens is 1. The van der Waals surface area contributed by atoms with Crippen LogP contribution in [0.25, 0.3) is 0 Å². The molecular weight excluding hydrogens is 244 g/mol. The summed E-state index contributed by atoms with van der Waals surface area (Å²) in [7, 11) is 2.14. The molecule has 0 N–H and O–H groups in total. The lowest BCUT2D eigenvalue weighted by atomic mass is 10.0. The molecule has 1 unspecified atom stereocenters. The zero-order valence-electron chi connectivity index (χ0n) is 9.49. The average molecular weight is 261 g/mol. The van der Waals surface area contributed by atoms with Crippen molar-refractivity contribution in [3.8, 4) is 0 Å². The van der Waals surface area contributed by atoms with E-state index < -0.39 is 0 Å². The Bertz CT molecular complexity index is 326. The van der Waals surface area contributed by atoms with Crippen molar-refractivity contribution in [2.75, 3.05) is 26.8 Å². The van der Waals surface area contributed by atoms with E-state index in [0.29, 0.717) is 10.4 Å². The molecule has 1 atom stereocenters. The predicted octanol–water partition coefficient (Wildman–Crippen LogP) is 2.65. The van der Waals surface area contributed by atoms with Crippen LogP contribution in [-0.4, -0.2) is 36.7 Å². The van der Waals surface area contributed by atoms with Crippen LogP contribution in [0.3, 0.4) is 0 Å². The van der Waals surface area contributed by atoms with Crippen molar-refractivity contribution in [1.82, 2.24) is 9.88 Å². The Morgan fingerprint density at radius 3 is 3.19 bits per heavy atom. The van der Waals surface area contributed by atoms with Crippen LogP contribution >= 0.6 is 22.9 Å². The molecule has 16 heavy (non-hydrogen) atoms. The number of thiazole rings is 1. The lowest BCUT2D eigenvalue weighted by molar-refractivity contribution is 0.0412. The fourth-order valence-corrected chi connectivity index (χ4v) is 3.14. The molecule has 0 radical (unpaired) electrons. The lowest BCUT2D eigenvalue weighted by Gasteiger charge is -2.26. The second-order valence-corrected chi connectivity index (χ2v) is 6.06. The van der Waals surface area contributed by atoms with Crippen molar-refractivity contribution >= 4 is 22.9 Å². The highest BCUT2D eigenvalue weighted by Gasteiger charge is 2.16. The molecule has 2 heterocycles. The third-order valence-corrected chi connectivity index (χ3v) is 3.88. The van der Waals surface area contributed by atoms with Gasteiger partial charge >= 0.3 is 0 Å². The average Bonchev–Trinajstić information content (AvgIpc) is 2.65. The topological polar surface area (TPSA) is 25.4 Å². The van der Waals surface area contributed by atoms with Gasteiger partial charge in [-0.05, 0) is 25.8 Å². The Morgan fingerprint density at radius 1 is 1.69 bits per heavy atom. The van der Waals surface area contributed by atoms with Gasteiger partial charge in [0.25, 0.3) is 0 Å². The maximum Gasteiger partial charge on any atom is 0.183 e. The summed E-state index contributed by atoms with van der Waals surface area (Å²) in [6.45, 7) is 3.87. The van der Waals surface area contributed by atoms with Crippen LogP contribution < -0.4 is 0 Å². The molecule has 1 aromatic rings. The minimum atomic E-state index is 0.629. The van der Waals surface area contributed by atoms with E-state index in [9.17, 15) is 0 Å². The minimum Gasteiger partial charge on any atom is -0.381 e. The third kappa shape index (κ3) is 3.70. The van der Waals surface area contributed by atoms with Gasteiger partial charge in [-0.2, -0.15) is 0 Å². The molecule has 1 aromatic heterocycles. The first kappa shape index (κ1) is 12.3. The van der Waals surface area contributed by atoms with Gasteiger partial charge in [0.05, 0.1) is 6.61 Å². The highest BCUT2D eigenvalue weighted by Crippen LogP contribution is 2.20. The van der Waals surface area contributed by atoms with Crippen LogP contribution in [-0.2, 0) is 11.3 Å². The van der Waals surface area contributed by atoms with Crippen LogP contribution in [0, 0.1) is 5.92 Å². The van der Waals surface area contributed by atoms with E-state index in [-0.39, 0.29) is 0 Å². The second-order valence-electron chi connectivity index (χ2n) is 4.36. The minimum absolute atomic E-state index is 0.629. The van der Waals surface area contributed by atoms with Gasteiger partial charge in [0.15, 0.2) is 4.47 Å². The molecule has 1 saturated heterocycles. The van der Waals surface area contributed by atoms with E-state index in [2.05, 4.69) is 16.9 Å². The summed E-state index contributed by atoms with van der Waals surface area (Å²) < 4.78 is 6.11. The molecule has 90 valence electrons. The van der Waals surface area contributed by atoms with E-state index in [1.54, 1.807) is 11.3 Å².